The molecule has 0 bridgehead atoms. The molecule has 0 saturated carbocycles. The van der Waals surface area contributed by atoms with Crippen molar-refractivity contribution in [3.63, 3.8) is 0 Å². The summed E-state index contributed by atoms with van der Waals surface area (Å²) in [6.45, 7) is 4.35. The van der Waals surface area contributed by atoms with E-state index in [1.54, 1.807) is 0 Å². The highest BCUT2D eigenvalue weighted by atomic mass is 16.6. The van der Waals surface area contributed by atoms with Crippen molar-refractivity contribution in [2.45, 2.75) is 51.7 Å². The van der Waals surface area contributed by atoms with Crippen LogP contribution in [-0.2, 0) is 4.74 Å². The highest BCUT2D eigenvalue weighted by Gasteiger charge is 2.34. The van der Waals surface area contributed by atoms with E-state index in [9.17, 15) is 0 Å². The SMILES string of the molecule is CC\C=C/C=C/C=C/C1OC1CCCC. The monoisotopic (exact) mass is 206 g/mol. The highest BCUT2D eigenvalue weighted by Crippen LogP contribution is 2.27. The summed E-state index contributed by atoms with van der Waals surface area (Å²) in [6, 6.07) is 0. The third-order valence-electron chi connectivity index (χ3n) is 2.47. The molecule has 1 heteroatoms. The van der Waals surface area contributed by atoms with E-state index < -0.39 is 0 Å². The molecule has 0 aromatic heterocycles. The zero-order valence-corrected chi connectivity index (χ0v) is 9.86. The molecule has 2 unspecified atom stereocenters. The van der Waals surface area contributed by atoms with Crippen LogP contribution in [0.1, 0.15) is 39.5 Å². The Kier molecular flexibility index (Phi) is 6.10. The fraction of sp³-hybridized carbons (Fsp3) is 0.571. The average Bonchev–Trinajstić information content (AvgIpc) is 2.99. The molecular formula is C14H22O. The Balaban J connectivity index is 2.08. The van der Waals surface area contributed by atoms with Crippen LogP contribution in [-0.4, -0.2) is 12.2 Å². The second-order valence-corrected chi connectivity index (χ2v) is 3.89. The summed E-state index contributed by atoms with van der Waals surface area (Å²) < 4.78 is 5.51. The lowest BCUT2D eigenvalue weighted by molar-refractivity contribution is 0.375. The summed E-state index contributed by atoms with van der Waals surface area (Å²) in [6.07, 6.45) is 18.3. The van der Waals surface area contributed by atoms with Crippen molar-refractivity contribution in [1.29, 1.82) is 0 Å². The minimum absolute atomic E-state index is 0.386. The van der Waals surface area contributed by atoms with E-state index in [1.807, 2.05) is 0 Å². The Morgan fingerprint density at radius 2 is 1.87 bits per heavy atom. The van der Waals surface area contributed by atoms with Crippen LogP contribution in [0.4, 0.5) is 0 Å². The Morgan fingerprint density at radius 3 is 2.60 bits per heavy atom. The first-order chi connectivity index (χ1) is 7.38. The van der Waals surface area contributed by atoms with Crippen LogP contribution in [0.25, 0.3) is 0 Å². The Bertz CT molecular complexity index is 238. The Hall–Kier alpha value is -0.820. The topological polar surface area (TPSA) is 12.5 Å². The predicted octanol–water partition coefficient (Wildman–Crippen LogP) is 4.02. The molecule has 0 spiro atoms. The molecule has 1 saturated heterocycles. The predicted molar refractivity (Wildman–Crippen MR) is 65.9 cm³/mol. The first-order valence-corrected chi connectivity index (χ1v) is 6.04. The Labute approximate surface area is 93.5 Å². The van der Waals surface area contributed by atoms with Crippen LogP contribution in [0.15, 0.2) is 36.5 Å². The largest absolute Gasteiger partial charge is 0.365 e. The van der Waals surface area contributed by atoms with Gasteiger partial charge in [0.1, 0.15) is 6.10 Å². The quantitative estimate of drug-likeness (QED) is 0.452. The number of hydrogen-bond acceptors (Lipinski definition) is 1. The van der Waals surface area contributed by atoms with Crippen molar-refractivity contribution < 1.29 is 4.74 Å². The maximum atomic E-state index is 5.51. The summed E-state index contributed by atoms with van der Waals surface area (Å²) in [5, 5.41) is 0. The standard InChI is InChI=1S/C14H22O/c1-3-5-7-8-9-10-12-14-13(15-14)11-6-4-2/h5,7-10,12-14H,3-4,6,11H2,1-2H3/b7-5-,9-8+,12-10+. The normalized spacial score (nSPS) is 26.0. The molecule has 0 aliphatic carbocycles. The molecule has 0 aromatic carbocycles. The van der Waals surface area contributed by atoms with Crippen molar-refractivity contribution in [2.24, 2.45) is 0 Å². The molecule has 2 atom stereocenters. The van der Waals surface area contributed by atoms with E-state index in [-0.39, 0.29) is 0 Å². The van der Waals surface area contributed by atoms with Crippen LogP contribution < -0.4 is 0 Å². The lowest BCUT2D eigenvalue weighted by Crippen LogP contribution is -1.89. The van der Waals surface area contributed by atoms with E-state index in [1.165, 1.54) is 19.3 Å². The number of ether oxygens (including phenoxy) is 1. The number of epoxide rings is 1. The van der Waals surface area contributed by atoms with E-state index in [2.05, 4.69) is 50.3 Å². The minimum Gasteiger partial charge on any atom is -0.365 e. The molecule has 84 valence electrons. The van der Waals surface area contributed by atoms with Crippen LogP contribution >= 0.6 is 0 Å². The lowest BCUT2D eigenvalue weighted by Gasteiger charge is -1.88. The zero-order chi connectivity index (χ0) is 10.9. The van der Waals surface area contributed by atoms with Gasteiger partial charge >= 0.3 is 0 Å². The fourth-order valence-electron chi connectivity index (χ4n) is 1.48. The van der Waals surface area contributed by atoms with Gasteiger partial charge in [0.25, 0.3) is 0 Å². The second-order valence-electron chi connectivity index (χ2n) is 3.89. The van der Waals surface area contributed by atoms with Crippen LogP contribution in [0.2, 0.25) is 0 Å². The second kappa shape index (κ2) is 7.47. The molecule has 1 aliphatic heterocycles. The molecule has 1 heterocycles. The van der Waals surface area contributed by atoms with Gasteiger partial charge in [-0.3, -0.25) is 0 Å². The summed E-state index contributed by atoms with van der Waals surface area (Å²) in [5.74, 6) is 0. The van der Waals surface area contributed by atoms with E-state index in [4.69, 9.17) is 4.74 Å². The van der Waals surface area contributed by atoms with Gasteiger partial charge in [-0.2, -0.15) is 0 Å². The number of unbranched alkanes of at least 4 members (excludes halogenated alkanes) is 1. The summed E-state index contributed by atoms with van der Waals surface area (Å²) in [4.78, 5) is 0. The highest BCUT2D eigenvalue weighted by molar-refractivity contribution is 5.14. The van der Waals surface area contributed by atoms with E-state index in [0.717, 1.165) is 6.42 Å². The molecule has 1 rings (SSSR count). The van der Waals surface area contributed by atoms with Crippen LogP contribution in [0, 0.1) is 0 Å². The van der Waals surface area contributed by atoms with Crippen LogP contribution in [0.5, 0.6) is 0 Å². The third-order valence-corrected chi connectivity index (χ3v) is 2.47. The summed E-state index contributed by atoms with van der Waals surface area (Å²) in [5.41, 5.74) is 0. The van der Waals surface area contributed by atoms with E-state index >= 15 is 0 Å². The van der Waals surface area contributed by atoms with Crippen molar-refractivity contribution >= 4 is 0 Å². The molecular weight excluding hydrogens is 184 g/mol. The Morgan fingerprint density at radius 1 is 1.07 bits per heavy atom. The molecule has 0 amide bonds. The summed E-state index contributed by atoms with van der Waals surface area (Å²) in [7, 11) is 0. The van der Waals surface area contributed by atoms with Gasteiger partial charge in [0.15, 0.2) is 0 Å². The molecule has 1 aliphatic rings. The van der Waals surface area contributed by atoms with Crippen molar-refractivity contribution in [2.75, 3.05) is 0 Å². The summed E-state index contributed by atoms with van der Waals surface area (Å²) >= 11 is 0. The molecule has 0 N–H and O–H groups in total. The number of rotatable bonds is 7. The smallest absolute Gasteiger partial charge is 0.103 e. The van der Waals surface area contributed by atoms with Crippen molar-refractivity contribution in [3.8, 4) is 0 Å². The third kappa shape index (κ3) is 5.58. The van der Waals surface area contributed by atoms with Gasteiger partial charge in [0, 0.05) is 0 Å². The minimum atomic E-state index is 0.386. The molecule has 1 nitrogen and oxygen atoms in total. The number of hydrogen-bond donors (Lipinski definition) is 0. The molecule has 1 fully saturated rings. The van der Waals surface area contributed by atoms with Gasteiger partial charge in [-0.15, -0.1) is 0 Å². The van der Waals surface area contributed by atoms with Crippen molar-refractivity contribution in [1.82, 2.24) is 0 Å². The molecule has 0 aromatic rings. The first kappa shape index (κ1) is 12.3. The van der Waals surface area contributed by atoms with Gasteiger partial charge in [-0.05, 0) is 12.8 Å². The zero-order valence-electron chi connectivity index (χ0n) is 9.86. The van der Waals surface area contributed by atoms with Gasteiger partial charge in [0.05, 0.1) is 6.10 Å². The first-order valence-electron chi connectivity index (χ1n) is 6.04. The maximum Gasteiger partial charge on any atom is 0.103 e. The van der Waals surface area contributed by atoms with Gasteiger partial charge in [-0.25, -0.2) is 0 Å². The average molecular weight is 206 g/mol. The lowest BCUT2D eigenvalue weighted by atomic mass is 10.1. The van der Waals surface area contributed by atoms with Gasteiger partial charge < -0.3 is 4.74 Å². The van der Waals surface area contributed by atoms with Crippen LogP contribution in [0.3, 0.4) is 0 Å². The van der Waals surface area contributed by atoms with E-state index in [0.29, 0.717) is 12.2 Å². The van der Waals surface area contributed by atoms with Gasteiger partial charge in [-0.1, -0.05) is 63.1 Å². The van der Waals surface area contributed by atoms with Crippen molar-refractivity contribution in [3.05, 3.63) is 36.5 Å². The molecule has 0 radical (unpaired) electrons. The number of allylic oxidation sites excluding steroid dienone is 5. The fourth-order valence-corrected chi connectivity index (χ4v) is 1.48. The molecule has 15 heavy (non-hydrogen) atoms. The van der Waals surface area contributed by atoms with Gasteiger partial charge in [0.2, 0.25) is 0 Å². The maximum absolute atomic E-state index is 5.51.